The Hall–Kier alpha value is -2.73. The number of carbonyl (C=O) groups is 1. The number of ether oxygens (including phenoxy) is 1. The molecular weight excluding hydrogens is 384 g/mol. The van der Waals surface area contributed by atoms with Gasteiger partial charge in [-0.2, -0.15) is 4.98 Å². The summed E-state index contributed by atoms with van der Waals surface area (Å²) in [5.41, 5.74) is 1.74. The molecule has 0 bridgehead atoms. The molecule has 0 unspecified atom stereocenters. The second kappa shape index (κ2) is 7.44. The minimum absolute atomic E-state index is 0.224. The lowest BCUT2D eigenvalue weighted by Gasteiger charge is -2.14. The van der Waals surface area contributed by atoms with Crippen molar-refractivity contribution in [3.63, 3.8) is 0 Å². The first-order chi connectivity index (χ1) is 12.1. The van der Waals surface area contributed by atoms with E-state index < -0.39 is 11.7 Å². The lowest BCUT2D eigenvalue weighted by atomic mass is 10.0. The number of esters is 1. The van der Waals surface area contributed by atoms with Crippen molar-refractivity contribution in [2.75, 3.05) is 6.61 Å². The molecule has 2 aromatic carbocycles. The summed E-state index contributed by atoms with van der Waals surface area (Å²) in [5.74, 6) is -0.532. The zero-order valence-corrected chi connectivity index (χ0v) is 15.0. The van der Waals surface area contributed by atoms with Crippen molar-refractivity contribution < 1.29 is 9.53 Å². The number of aromatic amines is 1. The van der Waals surface area contributed by atoms with Crippen LogP contribution in [0.3, 0.4) is 0 Å². The summed E-state index contributed by atoms with van der Waals surface area (Å²) in [6.45, 7) is 1.96. The van der Waals surface area contributed by atoms with Crippen LogP contribution in [0.4, 0.5) is 0 Å². The number of hydrogen-bond acceptors (Lipinski definition) is 4. The maximum Gasteiger partial charge on any atom is 0.346 e. The molecule has 3 aromatic rings. The number of aromatic nitrogens is 2. The maximum atomic E-state index is 12.7. The summed E-state index contributed by atoms with van der Waals surface area (Å²) in [4.78, 5) is 31.5. The molecule has 0 aliphatic rings. The van der Waals surface area contributed by atoms with Crippen LogP contribution in [-0.2, 0) is 4.74 Å². The van der Waals surface area contributed by atoms with Crippen LogP contribution in [0.15, 0.2) is 63.9 Å². The number of nitrogens with zero attached hydrogens (tertiary/aromatic N) is 1. The van der Waals surface area contributed by atoms with Crippen molar-refractivity contribution in [1.29, 1.82) is 0 Å². The molecule has 0 atom stereocenters. The first-order valence-electron chi connectivity index (χ1n) is 7.73. The molecule has 5 nitrogen and oxygen atoms in total. The van der Waals surface area contributed by atoms with Crippen LogP contribution in [0, 0.1) is 0 Å². The Kier molecular flexibility index (Phi) is 5.09. The maximum absolute atomic E-state index is 12.7. The highest BCUT2D eigenvalue weighted by atomic mass is 79.9. The van der Waals surface area contributed by atoms with Crippen molar-refractivity contribution in [3.05, 3.63) is 75.1 Å². The van der Waals surface area contributed by atoms with Crippen molar-refractivity contribution in [1.82, 2.24) is 9.97 Å². The molecule has 0 saturated carbocycles. The third-order valence-corrected chi connectivity index (χ3v) is 4.29. The Labute approximate surface area is 152 Å². The van der Waals surface area contributed by atoms with Crippen molar-refractivity contribution in [2.45, 2.75) is 6.92 Å². The van der Waals surface area contributed by atoms with Crippen molar-refractivity contribution in [2.24, 2.45) is 0 Å². The van der Waals surface area contributed by atoms with Crippen LogP contribution in [0.25, 0.3) is 22.5 Å². The van der Waals surface area contributed by atoms with E-state index in [-0.39, 0.29) is 12.2 Å². The lowest BCUT2D eigenvalue weighted by Crippen LogP contribution is -2.19. The quantitative estimate of drug-likeness (QED) is 0.673. The molecule has 1 heterocycles. The molecule has 6 heteroatoms. The summed E-state index contributed by atoms with van der Waals surface area (Å²) in [6.07, 6.45) is 0. The van der Waals surface area contributed by atoms with E-state index in [0.717, 1.165) is 4.47 Å². The molecule has 25 heavy (non-hydrogen) atoms. The van der Waals surface area contributed by atoms with Gasteiger partial charge < -0.3 is 9.72 Å². The fourth-order valence-corrected chi connectivity index (χ4v) is 3.03. The lowest BCUT2D eigenvalue weighted by molar-refractivity contribution is 0.0527. The second-order valence-corrected chi connectivity index (χ2v) is 6.06. The third-order valence-electron chi connectivity index (χ3n) is 3.60. The van der Waals surface area contributed by atoms with Gasteiger partial charge in [0.2, 0.25) is 0 Å². The minimum Gasteiger partial charge on any atom is -0.462 e. The fraction of sp³-hybridized carbons (Fsp3) is 0.105. The zero-order valence-electron chi connectivity index (χ0n) is 13.5. The highest BCUT2D eigenvalue weighted by Crippen LogP contribution is 2.32. The van der Waals surface area contributed by atoms with Gasteiger partial charge in [-0.05, 0) is 13.0 Å². The normalized spacial score (nSPS) is 10.5. The third kappa shape index (κ3) is 3.53. The predicted molar refractivity (Wildman–Crippen MR) is 99.4 cm³/mol. The molecule has 0 aliphatic heterocycles. The number of H-pyrrole nitrogens is 1. The summed E-state index contributed by atoms with van der Waals surface area (Å²) in [6, 6.07) is 16.4. The molecule has 1 aromatic heterocycles. The van der Waals surface area contributed by atoms with Gasteiger partial charge in [0.15, 0.2) is 0 Å². The van der Waals surface area contributed by atoms with Crippen LogP contribution in [0.1, 0.15) is 17.3 Å². The molecule has 0 amide bonds. The van der Waals surface area contributed by atoms with Crippen LogP contribution < -0.4 is 5.69 Å². The number of benzene rings is 2. The van der Waals surface area contributed by atoms with Gasteiger partial charge >= 0.3 is 11.7 Å². The van der Waals surface area contributed by atoms with Gasteiger partial charge in [0.1, 0.15) is 5.56 Å². The van der Waals surface area contributed by atoms with Gasteiger partial charge in [-0.25, -0.2) is 9.59 Å². The zero-order chi connectivity index (χ0) is 17.8. The molecule has 0 saturated heterocycles. The van der Waals surface area contributed by atoms with E-state index in [1.165, 1.54) is 0 Å². The molecule has 0 fully saturated rings. The van der Waals surface area contributed by atoms with E-state index in [1.807, 2.05) is 42.5 Å². The Bertz CT molecular complexity index is 968. The average molecular weight is 399 g/mol. The molecule has 0 radical (unpaired) electrons. The largest absolute Gasteiger partial charge is 0.462 e. The van der Waals surface area contributed by atoms with E-state index in [0.29, 0.717) is 22.5 Å². The average Bonchev–Trinajstić information content (AvgIpc) is 2.62. The number of hydrogen-bond donors (Lipinski definition) is 1. The Morgan fingerprint density at radius 1 is 1.12 bits per heavy atom. The SMILES string of the molecule is CCOC(=O)c1c(-c2ccccc2)nc(=O)[nH]c1-c1ccccc1Br. The molecule has 1 N–H and O–H groups in total. The van der Waals surface area contributed by atoms with E-state index >= 15 is 0 Å². The molecule has 0 spiro atoms. The van der Waals surface area contributed by atoms with Gasteiger partial charge in [-0.3, -0.25) is 0 Å². The summed E-state index contributed by atoms with van der Waals surface area (Å²) < 4.78 is 5.97. The Morgan fingerprint density at radius 3 is 2.48 bits per heavy atom. The van der Waals surface area contributed by atoms with Gasteiger partial charge in [0, 0.05) is 15.6 Å². The topological polar surface area (TPSA) is 72.0 Å². The first-order valence-corrected chi connectivity index (χ1v) is 8.53. The monoisotopic (exact) mass is 398 g/mol. The Balaban J connectivity index is 2.35. The van der Waals surface area contributed by atoms with Crippen LogP contribution in [0.5, 0.6) is 0 Å². The molecule has 0 aliphatic carbocycles. The molecule has 126 valence electrons. The minimum atomic E-state index is -0.532. The predicted octanol–water partition coefficient (Wildman–Crippen LogP) is 4.04. The highest BCUT2D eigenvalue weighted by molar-refractivity contribution is 9.10. The molecular formula is C19H15BrN2O3. The highest BCUT2D eigenvalue weighted by Gasteiger charge is 2.23. The van der Waals surface area contributed by atoms with Crippen LogP contribution in [0.2, 0.25) is 0 Å². The van der Waals surface area contributed by atoms with Gasteiger partial charge in [-0.1, -0.05) is 64.5 Å². The van der Waals surface area contributed by atoms with Crippen molar-refractivity contribution in [3.8, 4) is 22.5 Å². The number of carbonyl (C=O) groups excluding carboxylic acids is 1. The fourth-order valence-electron chi connectivity index (χ4n) is 2.55. The first kappa shape index (κ1) is 17.1. The number of halogens is 1. The van der Waals surface area contributed by atoms with E-state index in [2.05, 4.69) is 25.9 Å². The van der Waals surface area contributed by atoms with Crippen LogP contribution in [-0.4, -0.2) is 22.5 Å². The van der Waals surface area contributed by atoms with E-state index in [1.54, 1.807) is 19.1 Å². The smallest absolute Gasteiger partial charge is 0.346 e. The van der Waals surface area contributed by atoms with Gasteiger partial charge in [-0.15, -0.1) is 0 Å². The molecule has 3 rings (SSSR count). The summed E-state index contributed by atoms with van der Waals surface area (Å²) >= 11 is 3.47. The van der Waals surface area contributed by atoms with E-state index in [9.17, 15) is 9.59 Å². The van der Waals surface area contributed by atoms with E-state index in [4.69, 9.17) is 4.74 Å². The number of nitrogens with one attached hydrogen (secondary N) is 1. The number of rotatable bonds is 4. The van der Waals surface area contributed by atoms with Crippen molar-refractivity contribution >= 4 is 21.9 Å². The summed E-state index contributed by atoms with van der Waals surface area (Å²) in [7, 11) is 0. The Morgan fingerprint density at radius 2 is 1.80 bits per heavy atom. The second-order valence-electron chi connectivity index (χ2n) is 5.21. The van der Waals surface area contributed by atoms with Crippen LogP contribution >= 0.6 is 15.9 Å². The standard InChI is InChI=1S/C19H15BrN2O3/c1-2-25-18(23)15-16(12-8-4-3-5-9-12)21-19(24)22-17(15)13-10-6-7-11-14(13)20/h3-11H,2H2,1H3,(H,21,22,24). The van der Waals surface area contributed by atoms with Gasteiger partial charge in [0.25, 0.3) is 0 Å². The van der Waals surface area contributed by atoms with Gasteiger partial charge in [0.05, 0.1) is 18.0 Å². The summed E-state index contributed by atoms with van der Waals surface area (Å²) in [5, 5.41) is 0.